The summed E-state index contributed by atoms with van der Waals surface area (Å²) in [6, 6.07) is 11.6. The molecule has 222 valence electrons. The number of aromatic nitrogens is 5. The summed E-state index contributed by atoms with van der Waals surface area (Å²) in [5.41, 5.74) is 0.413. The van der Waals surface area contributed by atoms with Gasteiger partial charge >= 0.3 is 18.1 Å². The van der Waals surface area contributed by atoms with Gasteiger partial charge in [0.25, 0.3) is 5.56 Å². The van der Waals surface area contributed by atoms with Crippen LogP contribution in [0.15, 0.2) is 78.4 Å². The SMILES string of the molecule is O=C(Cn1c(Cl)cnc(NCC(F)(F)c2ccccn2)c1=O)NCc1ccccc1-n1ccnc1.O=C(O)C(F)(F)F. The number of hydrogen-bond acceptors (Lipinski definition) is 7. The Labute approximate surface area is 238 Å². The summed E-state index contributed by atoms with van der Waals surface area (Å²) in [6.07, 6.45) is 2.35. The third-order valence-corrected chi connectivity index (χ3v) is 5.62. The number of nitrogens with one attached hydrogen (secondary N) is 2. The van der Waals surface area contributed by atoms with Crippen LogP contribution < -0.4 is 16.2 Å². The summed E-state index contributed by atoms with van der Waals surface area (Å²) < 4.78 is 63.3. The van der Waals surface area contributed by atoms with Crippen LogP contribution in [0.2, 0.25) is 5.15 Å². The van der Waals surface area contributed by atoms with Crippen molar-refractivity contribution in [1.82, 2.24) is 29.4 Å². The van der Waals surface area contributed by atoms with Gasteiger partial charge in [-0.05, 0) is 23.8 Å². The van der Waals surface area contributed by atoms with Crippen molar-refractivity contribution in [3.05, 3.63) is 100 Å². The first kappa shape index (κ1) is 31.7. The molecule has 3 aromatic heterocycles. The van der Waals surface area contributed by atoms with Gasteiger partial charge in [-0.3, -0.25) is 19.1 Å². The second-order valence-corrected chi connectivity index (χ2v) is 8.66. The first-order chi connectivity index (χ1) is 19.8. The molecule has 0 aliphatic carbocycles. The van der Waals surface area contributed by atoms with Gasteiger partial charge < -0.3 is 20.3 Å². The van der Waals surface area contributed by atoms with E-state index in [4.69, 9.17) is 21.5 Å². The molecule has 0 saturated carbocycles. The molecule has 3 heterocycles. The Morgan fingerprint density at radius 1 is 1.00 bits per heavy atom. The number of alkyl halides is 5. The van der Waals surface area contributed by atoms with Gasteiger partial charge in [-0.1, -0.05) is 35.9 Å². The maximum atomic E-state index is 14.4. The quantitative estimate of drug-likeness (QED) is 0.243. The van der Waals surface area contributed by atoms with Gasteiger partial charge in [0.15, 0.2) is 5.82 Å². The molecule has 1 aromatic carbocycles. The number of anilines is 1. The molecule has 0 aliphatic heterocycles. The number of rotatable bonds is 9. The summed E-state index contributed by atoms with van der Waals surface area (Å²) in [5, 5.41) is 12.1. The van der Waals surface area contributed by atoms with Gasteiger partial charge in [0.2, 0.25) is 5.91 Å². The van der Waals surface area contributed by atoms with Crippen molar-refractivity contribution in [3.63, 3.8) is 0 Å². The minimum Gasteiger partial charge on any atom is -0.475 e. The Balaban J connectivity index is 0.000000616. The molecule has 4 aromatic rings. The van der Waals surface area contributed by atoms with Gasteiger partial charge in [0, 0.05) is 25.1 Å². The Hall–Kier alpha value is -4.86. The molecule has 3 N–H and O–H groups in total. The average Bonchev–Trinajstić information content (AvgIpc) is 3.49. The standard InChI is InChI=1S/C23H20ClF2N7O2.C2HF3O2/c24-19-12-30-21(31-14-23(25,26)18-7-3-4-8-28-18)22(35)33(19)13-20(34)29-11-16-5-1-2-6-17(16)32-10-9-27-15-32;3-2(4,5)1(6)7/h1-10,12,15H,11,13-14H2,(H,29,34)(H,30,31);(H,6,7). The fraction of sp³-hybridized carbons (Fsp3) is 0.200. The number of carboxylic acid groups (broad SMARTS) is 1. The number of carboxylic acids is 1. The van der Waals surface area contributed by atoms with Crippen molar-refractivity contribution < 1.29 is 36.6 Å². The van der Waals surface area contributed by atoms with Gasteiger partial charge in [-0.25, -0.2) is 14.8 Å². The lowest BCUT2D eigenvalue weighted by Crippen LogP contribution is -2.35. The number of imidazole rings is 1. The lowest BCUT2D eigenvalue weighted by atomic mass is 10.1. The number of benzene rings is 1. The van der Waals surface area contributed by atoms with Crippen LogP contribution in [0.4, 0.5) is 27.8 Å². The Morgan fingerprint density at radius 3 is 2.31 bits per heavy atom. The molecule has 0 fully saturated rings. The van der Waals surface area contributed by atoms with Gasteiger partial charge in [0.05, 0.1) is 24.8 Å². The van der Waals surface area contributed by atoms with Gasteiger partial charge in [-0.2, -0.15) is 22.0 Å². The minimum atomic E-state index is -5.08. The Bertz CT molecular complexity index is 1570. The molecular weight excluding hydrogens is 593 g/mol. The van der Waals surface area contributed by atoms with Crippen LogP contribution in [0.1, 0.15) is 11.3 Å². The lowest BCUT2D eigenvalue weighted by molar-refractivity contribution is -0.192. The van der Waals surface area contributed by atoms with Crippen LogP contribution in [0, 0.1) is 0 Å². The van der Waals surface area contributed by atoms with E-state index in [9.17, 15) is 31.5 Å². The van der Waals surface area contributed by atoms with E-state index in [1.165, 1.54) is 24.4 Å². The molecule has 4 rings (SSSR count). The number of nitrogens with zero attached hydrogens (tertiary/aromatic N) is 5. The van der Waals surface area contributed by atoms with Crippen LogP contribution in [0.3, 0.4) is 0 Å². The van der Waals surface area contributed by atoms with Crippen molar-refractivity contribution in [2.45, 2.75) is 25.2 Å². The number of para-hydroxylation sites is 1. The number of pyridine rings is 1. The first-order valence-corrected chi connectivity index (χ1v) is 12.1. The highest BCUT2D eigenvalue weighted by Crippen LogP contribution is 2.25. The molecule has 0 spiro atoms. The zero-order valence-electron chi connectivity index (χ0n) is 21.2. The molecule has 0 bridgehead atoms. The molecule has 0 atom stereocenters. The van der Waals surface area contributed by atoms with E-state index in [0.717, 1.165) is 22.0 Å². The number of amides is 1. The monoisotopic (exact) mass is 613 g/mol. The molecule has 0 unspecified atom stereocenters. The molecule has 11 nitrogen and oxygen atoms in total. The largest absolute Gasteiger partial charge is 0.490 e. The zero-order valence-corrected chi connectivity index (χ0v) is 22.0. The number of hydrogen-bond donors (Lipinski definition) is 3. The zero-order chi connectivity index (χ0) is 30.9. The number of halogens is 6. The molecule has 0 saturated heterocycles. The van der Waals surface area contributed by atoms with Gasteiger partial charge in [0.1, 0.15) is 17.4 Å². The molecule has 17 heteroatoms. The predicted octanol–water partition coefficient (Wildman–Crippen LogP) is 3.63. The second kappa shape index (κ2) is 13.7. The predicted molar refractivity (Wildman–Crippen MR) is 139 cm³/mol. The third kappa shape index (κ3) is 8.57. The topological polar surface area (TPSA) is 144 Å². The summed E-state index contributed by atoms with van der Waals surface area (Å²) >= 11 is 6.07. The van der Waals surface area contributed by atoms with Crippen LogP contribution in [-0.4, -0.2) is 53.8 Å². The van der Waals surface area contributed by atoms with Crippen molar-refractivity contribution in [1.29, 1.82) is 0 Å². The number of aliphatic carboxylic acids is 1. The van der Waals surface area contributed by atoms with Crippen LogP contribution in [0.25, 0.3) is 5.69 Å². The first-order valence-electron chi connectivity index (χ1n) is 11.7. The van der Waals surface area contributed by atoms with Crippen molar-refractivity contribution in [3.8, 4) is 5.69 Å². The Morgan fingerprint density at radius 2 is 1.69 bits per heavy atom. The van der Waals surface area contributed by atoms with E-state index in [1.807, 2.05) is 28.8 Å². The summed E-state index contributed by atoms with van der Waals surface area (Å²) in [6.45, 7) is -1.14. The molecular formula is C25H21ClF5N7O4. The van der Waals surface area contributed by atoms with E-state index in [-0.39, 0.29) is 17.5 Å². The highest BCUT2D eigenvalue weighted by molar-refractivity contribution is 6.29. The van der Waals surface area contributed by atoms with Crippen molar-refractivity contribution in [2.24, 2.45) is 0 Å². The highest BCUT2D eigenvalue weighted by atomic mass is 35.5. The third-order valence-electron chi connectivity index (χ3n) is 5.32. The molecule has 0 aliphatic rings. The molecule has 42 heavy (non-hydrogen) atoms. The van der Waals surface area contributed by atoms with Crippen molar-refractivity contribution >= 4 is 29.3 Å². The molecule has 0 radical (unpaired) electrons. The van der Waals surface area contributed by atoms with E-state index in [1.54, 1.807) is 18.7 Å². The van der Waals surface area contributed by atoms with E-state index < -0.39 is 48.3 Å². The van der Waals surface area contributed by atoms with E-state index >= 15 is 0 Å². The summed E-state index contributed by atoms with van der Waals surface area (Å²) in [5.74, 6) is -6.96. The Kier molecular flexibility index (Phi) is 10.3. The average molecular weight is 614 g/mol. The fourth-order valence-electron chi connectivity index (χ4n) is 3.31. The lowest BCUT2D eigenvalue weighted by Gasteiger charge is -2.17. The van der Waals surface area contributed by atoms with Crippen LogP contribution in [-0.2, 0) is 28.6 Å². The molecule has 1 amide bonds. The maximum absolute atomic E-state index is 14.4. The van der Waals surface area contributed by atoms with Crippen LogP contribution in [0.5, 0.6) is 0 Å². The highest BCUT2D eigenvalue weighted by Gasteiger charge is 2.38. The van der Waals surface area contributed by atoms with Crippen LogP contribution >= 0.6 is 11.6 Å². The van der Waals surface area contributed by atoms with E-state index in [2.05, 4.69) is 25.6 Å². The smallest absolute Gasteiger partial charge is 0.475 e. The maximum Gasteiger partial charge on any atom is 0.490 e. The fourth-order valence-corrected chi connectivity index (χ4v) is 3.49. The number of carbonyl (C=O) groups is 2. The summed E-state index contributed by atoms with van der Waals surface area (Å²) in [7, 11) is 0. The summed E-state index contributed by atoms with van der Waals surface area (Å²) in [4.78, 5) is 45.7. The number of carbonyl (C=O) groups excluding carboxylic acids is 1. The second-order valence-electron chi connectivity index (χ2n) is 8.27. The normalized spacial score (nSPS) is 11.3. The van der Waals surface area contributed by atoms with E-state index in [0.29, 0.717) is 0 Å². The van der Waals surface area contributed by atoms with Crippen molar-refractivity contribution in [2.75, 3.05) is 11.9 Å². The minimum absolute atomic E-state index is 0.106. The van der Waals surface area contributed by atoms with Gasteiger partial charge in [-0.15, -0.1) is 0 Å².